The standard InChI is InChI=1S/C94H62N4/c1-11-31-61(32-12-1)63-51-75-73-55-80-74(56-79(73)97-81-57-95-89-85(83(81)77(53-63)87(75)97)91(65-35-15-3-16-36-65,66-37-17-4-18-38-66)59-93(89,69-43-23-7-24-44-69)70-45-25-8-26-46-70)76-52-64(62-33-13-2-14-34-62)54-78-84-82(98(80)88(76)78)58-96-90-86(84)92(67-39-19-5-20-40-67,68-41-21-6-22-42-68)60-94(90,71-47-27-9-28-48-71)72-49-29-10-30-50-72/h1-58H,59-60H2. The van der Waals surface area contributed by atoms with Crippen LogP contribution in [0.5, 0.6) is 0 Å². The molecule has 4 nitrogen and oxygen atoms in total. The molecule has 98 heavy (non-hydrogen) atoms. The second-order valence-corrected chi connectivity index (χ2v) is 27.5. The fourth-order valence-electron chi connectivity index (χ4n) is 19.2. The van der Waals surface area contributed by atoms with Gasteiger partial charge in [-0.1, -0.05) is 303 Å². The van der Waals surface area contributed by atoms with Crippen LogP contribution in [0, 0.1) is 0 Å². The summed E-state index contributed by atoms with van der Waals surface area (Å²) in [7, 11) is 0. The van der Waals surface area contributed by atoms with Crippen LogP contribution >= 0.6 is 0 Å². The highest BCUT2D eigenvalue weighted by molar-refractivity contribution is 6.31. The highest BCUT2D eigenvalue weighted by Gasteiger charge is 2.60. The van der Waals surface area contributed by atoms with E-state index in [1.165, 1.54) is 132 Å². The summed E-state index contributed by atoms with van der Waals surface area (Å²) in [6.07, 6.45) is 5.95. The van der Waals surface area contributed by atoms with Gasteiger partial charge in [0.05, 0.1) is 67.7 Å². The molecule has 458 valence electrons. The molecule has 0 spiro atoms. The highest BCUT2D eigenvalue weighted by Crippen LogP contribution is 2.66. The third-order valence-corrected chi connectivity index (χ3v) is 23.1. The largest absolute Gasteiger partial charge is 0.306 e. The van der Waals surface area contributed by atoms with Gasteiger partial charge < -0.3 is 8.80 Å². The summed E-state index contributed by atoms with van der Waals surface area (Å²) in [4.78, 5) is 12.1. The molecule has 0 N–H and O–H groups in total. The lowest BCUT2D eigenvalue weighted by Crippen LogP contribution is -2.33. The lowest BCUT2D eigenvalue weighted by molar-refractivity contribution is 0.495. The van der Waals surface area contributed by atoms with E-state index in [0.717, 1.165) is 46.3 Å². The summed E-state index contributed by atoms with van der Waals surface area (Å²) in [6.45, 7) is 0. The van der Waals surface area contributed by atoms with Gasteiger partial charge in [0.25, 0.3) is 0 Å². The van der Waals surface area contributed by atoms with Crippen LogP contribution < -0.4 is 0 Å². The minimum absolute atomic E-state index is 0.637. The van der Waals surface area contributed by atoms with E-state index >= 15 is 0 Å². The monoisotopic (exact) mass is 1250 g/mol. The van der Waals surface area contributed by atoms with Crippen molar-refractivity contribution in [2.45, 2.75) is 34.5 Å². The van der Waals surface area contributed by atoms with Crippen molar-refractivity contribution in [2.75, 3.05) is 0 Å². The lowest BCUT2D eigenvalue weighted by Gasteiger charge is -2.36. The predicted molar refractivity (Wildman–Crippen MR) is 403 cm³/mol. The van der Waals surface area contributed by atoms with Crippen molar-refractivity contribution in [3.63, 3.8) is 0 Å². The molecular weight excluding hydrogens is 1190 g/mol. The number of aromatic nitrogens is 4. The van der Waals surface area contributed by atoms with E-state index in [2.05, 4.69) is 361 Å². The zero-order chi connectivity index (χ0) is 64.3. The van der Waals surface area contributed by atoms with Gasteiger partial charge in [-0.3, -0.25) is 9.97 Å². The molecule has 0 bridgehead atoms. The van der Waals surface area contributed by atoms with Gasteiger partial charge in [-0.2, -0.15) is 0 Å². The van der Waals surface area contributed by atoms with Crippen molar-refractivity contribution in [3.8, 4) is 22.3 Å². The minimum Gasteiger partial charge on any atom is -0.306 e. The molecule has 0 saturated carbocycles. The van der Waals surface area contributed by atoms with Gasteiger partial charge >= 0.3 is 0 Å². The summed E-state index contributed by atoms with van der Waals surface area (Å²) in [5.74, 6) is 0. The maximum absolute atomic E-state index is 6.03. The molecule has 0 radical (unpaired) electrons. The minimum atomic E-state index is -0.652. The van der Waals surface area contributed by atoms with Crippen LogP contribution in [0.1, 0.15) is 79.9 Å². The summed E-state index contributed by atoms with van der Waals surface area (Å²) < 4.78 is 5.20. The average Bonchev–Trinajstić information content (AvgIpc) is 1.51. The van der Waals surface area contributed by atoms with Crippen LogP contribution in [0.15, 0.2) is 352 Å². The van der Waals surface area contributed by atoms with E-state index in [9.17, 15) is 0 Å². The highest BCUT2D eigenvalue weighted by atomic mass is 15.0. The van der Waals surface area contributed by atoms with E-state index in [1.807, 2.05) is 0 Å². The summed E-state index contributed by atoms with van der Waals surface area (Å²) in [5, 5.41) is 9.73. The van der Waals surface area contributed by atoms with Crippen molar-refractivity contribution in [3.05, 3.63) is 419 Å². The number of hydrogen-bond donors (Lipinski definition) is 0. The quantitative estimate of drug-likeness (QED) is 0.137. The maximum atomic E-state index is 6.03. The van der Waals surface area contributed by atoms with Crippen LogP contribution in [-0.4, -0.2) is 18.8 Å². The van der Waals surface area contributed by atoms with E-state index in [-0.39, 0.29) is 0 Å². The number of nitrogens with zero attached hydrogens (tertiary/aromatic N) is 4. The number of fused-ring (bicyclic) bond motifs is 16. The third-order valence-electron chi connectivity index (χ3n) is 23.1. The molecule has 19 aromatic rings. The smallest absolute Gasteiger partial charge is 0.0728 e. The number of hydrogen-bond acceptors (Lipinski definition) is 2. The molecule has 0 atom stereocenters. The second-order valence-electron chi connectivity index (χ2n) is 27.5. The summed E-state index contributed by atoms with van der Waals surface area (Å²) in [6, 6.07) is 127. The Bertz CT molecular complexity index is 5750. The Hall–Kier alpha value is -12.2. The first-order valence-corrected chi connectivity index (χ1v) is 34.4. The summed E-state index contributed by atoms with van der Waals surface area (Å²) in [5.41, 5.74) is 23.7. The maximum Gasteiger partial charge on any atom is 0.0728 e. The number of benzene rings is 13. The van der Waals surface area contributed by atoms with E-state index in [1.54, 1.807) is 0 Å². The Morgan fingerprint density at radius 1 is 0.224 bits per heavy atom. The fourth-order valence-corrected chi connectivity index (χ4v) is 19.2. The SMILES string of the molecule is c1ccc(-c2cc3c4cc5c(cc4n4c6cnc7c(c6c(c2)c34)C(c2ccccc2)(c2ccccc2)CC7(c2ccccc2)c2ccccc2)c2cc(-c3ccccc3)cc3c4c6c(ncc4n5c23)C(c2ccccc2)(c2ccccc2)CC6(c2ccccc2)c2ccccc2)cc1. The van der Waals surface area contributed by atoms with Gasteiger partial charge in [-0.05, 0) is 127 Å². The molecule has 0 fully saturated rings. The number of pyridine rings is 2. The van der Waals surface area contributed by atoms with Gasteiger partial charge in [-0.25, -0.2) is 0 Å². The van der Waals surface area contributed by atoms with Crippen LogP contribution in [0.3, 0.4) is 0 Å². The van der Waals surface area contributed by atoms with E-state index in [4.69, 9.17) is 9.97 Å². The first-order chi connectivity index (χ1) is 48.6. The van der Waals surface area contributed by atoms with Crippen molar-refractivity contribution in [1.82, 2.24) is 18.8 Å². The Balaban J connectivity index is 0.940. The topological polar surface area (TPSA) is 34.6 Å². The molecule has 2 aliphatic carbocycles. The first-order valence-electron chi connectivity index (χ1n) is 34.4. The van der Waals surface area contributed by atoms with Gasteiger partial charge in [0.1, 0.15) is 0 Å². The first kappa shape index (κ1) is 55.1. The molecule has 2 aliphatic rings. The molecule has 0 amide bonds. The van der Waals surface area contributed by atoms with Crippen LogP contribution in [-0.2, 0) is 21.7 Å². The zero-order valence-electron chi connectivity index (χ0n) is 53.7. The van der Waals surface area contributed by atoms with Crippen molar-refractivity contribution in [1.29, 1.82) is 0 Å². The number of rotatable bonds is 10. The summed E-state index contributed by atoms with van der Waals surface area (Å²) >= 11 is 0. The zero-order valence-corrected chi connectivity index (χ0v) is 53.7. The molecule has 0 unspecified atom stereocenters. The van der Waals surface area contributed by atoms with Crippen LogP contribution in [0.4, 0.5) is 0 Å². The predicted octanol–water partition coefficient (Wildman–Crippen LogP) is 22.3. The fraction of sp³-hybridized carbons (Fsp3) is 0.0638. The Morgan fingerprint density at radius 2 is 0.469 bits per heavy atom. The molecule has 6 aromatic heterocycles. The molecule has 0 aliphatic heterocycles. The van der Waals surface area contributed by atoms with Gasteiger partial charge in [0.2, 0.25) is 0 Å². The second kappa shape index (κ2) is 20.6. The Labute approximate surface area is 567 Å². The lowest BCUT2D eigenvalue weighted by atomic mass is 9.64. The van der Waals surface area contributed by atoms with Crippen LogP contribution in [0.2, 0.25) is 0 Å². The molecule has 6 heterocycles. The average molecular weight is 1250 g/mol. The molecule has 13 aromatic carbocycles. The van der Waals surface area contributed by atoms with Crippen molar-refractivity contribution < 1.29 is 0 Å². The normalized spacial score (nSPS) is 15.2. The Kier molecular flexibility index (Phi) is 11.6. The molecule has 21 rings (SSSR count). The van der Waals surface area contributed by atoms with E-state index in [0.29, 0.717) is 0 Å². The molecular formula is C94H62N4. The van der Waals surface area contributed by atoms with Crippen molar-refractivity contribution in [2.24, 2.45) is 0 Å². The van der Waals surface area contributed by atoms with E-state index < -0.39 is 21.7 Å². The van der Waals surface area contributed by atoms with Crippen molar-refractivity contribution >= 4 is 76.2 Å². The molecule has 0 saturated heterocycles. The van der Waals surface area contributed by atoms with Gasteiger partial charge in [0.15, 0.2) is 0 Å². The van der Waals surface area contributed by atoms with Gasteiger partial charge in [0, 0.05) is 53.9 Å². The third kappa shape index (κ3) is 7.23. The van der Waals surface area contributed by atoms with Gasteiger partial charge in [-0.15, -0.1) is 0 Å². The molecule has 4 heteroatoms. The Morgan fingerprint density at radius 3 is 0.745 bits per heavy atom. The van der Waals surface area contributed by atoms with Crippen LogP contribution in [0.25, 0.3) is 98.4 Å².